The number of carbonyl (C=O) groups excluding carboxylic acids is 2. The van der Waals surface area contributed by atoms with Gasteiger partial charge < -0.3 is 20.1 Å². The second kappa shape index (κ2) is 9.55. The fourth-order valence-electron chi connectivity index (χ4n) is 2.72. The van der Waals surface area contributed by atoms with Crippen molar-refractivity contribution in [2.75, 3.05) is 25.0 Å². The monoisotopic (exact) mass is 384 g/mol. The Balaban J connectivity index is 2.07. The fourth-order valence-corrected chi connectivity index (χ4v) is 2.72. The highest BCUT2D eigenvalue weighted by Gasteiger charge is 2.13. The maximum Gasteiger partial charge on any atom is 0.335 e. The van der Waals surface area contributed by atoms with Crippen LogP contribution < -0.4 is 10.1 Å². The fraction of sp³-hybridized carbons (Fsp3) is 0.286. The van der Waals surface area contributed by atoms with E-state index in [0.29, 0.717) is 30.1 Å². The maximum absolute atomic E-state index is 12.5. The first-order valence-electron chi connectivity index (χ1n) is 9.01. The van der Waals surface area contributed by atoms with E-state index in [9.17, 15) is 14.4 Å². The van der Waals surface area contributed by atoms with Crippen LogP contribution in [-0.2, 0) is 4.79 Å². The lowest BCUT2D eigenvalue weighted by atomic mass is 10.1. The topological polar surface area (TPSA) is 95.9 Å². The number of amides is 2. The van der Waals surface area contributed by atoms with E-state index in [2.05, 4.69) is 5.32 Å². The maximum atomic E-state index is 12.5. The number of hydrogen-bond acceptors (Lipinski definition) is 4. The Morgan fingerprint density at radius 1 is 1.04 bits per heavy atom. The molecule has 0 aliphatic rings. The van der Waals surface area contributed by atoms with Gasteiger partial charge in [0.2, 0.25) is 0 Å². The number of carboxylic acid groups (broad SMARTS) is 1. The number of benzene rings is 2. The summed E-state index contributed by atoms with van der Waals surface area (Å²) in [5.74, 6) is -1.18. The second-order valence-corrected chi connectivity index (χ2v) is 6.23. The first-order valence-corrected chi connectivity index (χ1v) is 9.01. The molecule has 0 radical (unpaired) electrons. The van der Waals surface area contributed by atoms with Gasteiger partial charge >= 0.3 is 5.97 Å². The molecule has 7 heteroatoms. The molecule has 0 aromatic heterocycles. The number of nitrogens with zero attached hydrogens (tertiary/aromatic N) is 1. The van der Waals surface area contributed by atoms with Crippen LogP contribution in [0.4, 0.5) is 5.69 Å². The molecule has 2 amide bonds. The van der Waals surface area contributed by atoms with Gasteiger partial charge in [-0.25, -0.2) is 4.79 Å². The van der Waals surface area contributed by atoms with E-state index in [0.717, 1.165) is 0 Å². The molecule has 2 aromatic rings. The lowest BCUT2D eigenvalue weighted by Gasteiger charge is -2.18. The number of aromatic carboxylic acids is 1. The van der Waals surface area contributed by atoms with Crippen LogP contribution in [0.3, 0.4) is 0 Å². The van der Waals surface area contributed by atoms with Gasteiger partial charge in [-0.1, -0.05) is 6.07 Å². The van der Waals surface area contributed by atoms with Crippen LogP contribution in [0, 0.1) is 6.92 Å². The number of nitrogens with one attached hydrogen (secondary N) is 1. The summed E-state index contributed by atoms with van der Waals surface area (Å²) in [4.78, 5) is 37.3. The highest BCUT2D eigenvalue weighted by Crippen LogP contribution is 2.19. The predicted molar refractivity (Wildman–Crippen MR) is 106 cm³/mol. The molecule has 2 rings (SSSR count). The molecule has 2 aromatic carbocycles. The molecule has 2 N–H and O–H groups in total. The normalized spacial score (nSPS) is 10.2. The van der Waals surface area contributed by atoms with Gasteiger partial charge in [0.1, 0.15) is 5.75 Å². The Hall–Kier alpha value is -3.35. The third kappa shape index (κ3) is 5.57. The highest BCUT2D eigenvalue weighted by atomic mass is 16.5. The standard InChI is InChI=1S/C21H24N2O5/c1-4-23(5-2)19(24)13-28-18-8-6-7-17(12-18)22-20(25)15-9-14(3)10-16(11-15)21(26)27/h6-12H,4-5,13H2,1-3H3,(H,22,25)(H,26,27). The van der Waals surface area contributed by atoms with Crippen LogP contribution in [0.15, 0.2) is 42.5 Å². The zero-order valence-electron chi connectivity index (χ0n) is 16.2. The van der Waals surface area contributed by atoms with Crippen molar-refractivity contribution in [2.45, 2.75) is 20.8 Å². The second-order valence-electron chi connectivity index (χ2n) is 6.23. The molecule has 0 saturated heterocycles. The van der Waals surface area contributed by atoms with Crippen LogP contribution in [0.1, 0.15) is 40.1 Å². The summed E-state index contributed by atoms with van der Waals surface area (Å²) in [5, 5.41) is 11.9. The highest BCUT2D eigenvalue weighted by molar-refractivity contribution is 6.05. The van der Waals surface area contributed by atoms with Crippen LogP contribution in [0.5, 0.6) is 5.75 Å². The Morgan fingerprint density at radius 2 is 1.71 bits per heavy atom. The summed E-state index contributed by atoms with van der Waals surface area (Å²) in [7, 11) is 0. The minimum absolute atomic E-state index is 0.0529. The third-order valence-corrected chi connectivity index (χ3v) is 4.16. The first kappa shape index (κ1) is 21.0. The predicted octanol–water partition coefficient (Wildman–Crippen LogP) is 3.19. The molecule has 28 heavy (non-hydrogen) atoms. The molecule has 148 valence electrons. The van der Waals surface area contributed by atoms with Crippen molar-refractivity contribution in [3.05, 3.63) is 59.2 Å². The molecule has 0 spiro atoms. The summed E-state index contributed by atoms with van der Waals surface area (Å²) in [6.07, 6.45) is 0. The van der Waals surface area contributed by atoms with Crippen molar-refractivity contribution in [2.24, 2.45) is 0 Å². The summed E-state index contributed by atoms with van der Waals surface area (Å²) in [6.45, 7) is 6.67. The van der Waals surface area contributed by atoms with Gasteiger partial charge in [-0.2, -0.15) is 0 Å². The van der Waals surface area contributed by atoms with E-state index in [4.69, 9.17) is 9.84 Å². The van der Waals surface area contributed by atoms with E-state index < -0.39 is 11.9 Å². The van der Waals surface area contributed by atoms with Gasteiger partial charge in [-0.05, 0) is 56.7 Å². The number of aryl methyl sites for hydroxylation is 1. The molecule has 0 aliphatic carbocycles. The Kier molecular flexibility index (Phi) is 7.14. The Labute approximate surface area is 163 Å². The average molecular weight is 384 g/mol. The largest absolute Gasteiger partial charge is 0.484 e. The average Bonchev–Trinajstić information content (AvgIpc) is 2.67. The van der Waals surface area contributed by atoms with Crippen LogP contribution in [-0.4, -0.2) is 47.5 Å². The van der Waals surface area contributed by atoms with E-state index in [1.807, 2.05) is 13.8 Å². The first-order chi connectivity index (χ1) is 13.3. The summed E-state index contributed by atoms with van der Waals surface area (Å²) >= 11 is 0. The van der Waals surface area contributed by atoms with Crippen molar-refractivity contribution in [3.8, 4) is 5.75 Å². The summed E-state index contributed by atoms with van der Waals surface area (Å²) < 4.78 is 5.53. The van der Waals surface area contributed by atoms with Gasteiger partial charge in [0.05, 0.1) is 5.56 Å². The van der Waals surface area contributed by atoms with E-state index >= 15 is 0 Å². The van der Waals surface area contributed by atoms with Gasteiger partial charge in [0.25, 0.3) is 11.8 Å². The number of ether oxygens (including phenoxy) is 1. The number of carboxylic acids is 1. The van der Waals surface area contributed by atoms with Crippen molar-refractivity contribution in [1.82, 2.24) is 4.90 Å². The molecule has 0 saturated carbocycles. The molecule has 0 unspecified atom stereocenters. The van der Waals surface area contributed by atoms with Crippen LogP contribution in [0.2, 0.25) is 0 Å². The zero-order valence-corrected chi connectivity index (χ0v) is 16.2. The van der Waals surface area contributed by atoms with Gasteiger partial charge in [0, 0.05) is 30.4 Å². The summed E-state index contributed by atoms with van der Waals surface area (Å²) in [5.41, 5.74) is 1.46. The molecule has 0 bridgehead atoms. The minimum Gasteiger partial charge on any atom is -0.484 e. The molecule has 0 heterocycles. The SMILES string of the molecule is CCN(CC)C(=O)COc1cccc(NC(=O)c2cc(C)cc(C(=O)O)c2)c1. The third-order valence-electron chi connectivity index (χ3n) is 4.16. The van der Waals surface area contributed by atoms with E-state index in [1.54, 1.807) is 42.2 Å². The number of likely N-dealkylation sites (N-methyl/N-ethyl adjacent to an activating group) is 1. The number of hydrogen-bond donors (Lipinski definition) is 2. The van der Waals surface area contributed by atoms with Crippen molar-refractivity contribution in [3.63, 3.8) is 0 Å². The van der Waals surface area contributed by atoms with Gasteiger partial charge in [-0.15, -0.1) is 0 Å². The lowest BCUT2D eigenvalue weighted by molar-refractivity contribution is -0.132. The summed E-state index contributed by atoms with van der Waals surface area (Å²) in [6, 6.07) is 11.1. The van der Waals surface area contributed by atoms with Gasteiger partial charge in [-0.3, -0.25) is 9.59 Å². The quantitative estimate of drug-likeness (QED) is 0.729. The van der Waals surface area contributed by atoms with Crippen molar-refractivity contribution >= 4 is 23.5 Å². The number of anilines is 1. The van der Waals surface area contributed by atoms with E-state index in [-0.39, 0.29) is 23.6 Å². The van der Waals surface area contributed by atoms with Gasteiger partial charge in [0.15, 0.2) is 6.61 Å². The smallest absolute Gasteiger partial charge is 0.335 e. The van der Waals surface area contributed by atoms with Crippen LogP contribution >= 0.6 is 0 Å². The lowest BCUT2D eigenvalue weighted by Crippen LogP contribution is -2.34. The molecular weight excluding hydrogens is 360 g/mol. The Morgan fingerprint density at radius 3 is 2.36 bits per heavy atom. The molecule has 0 atom stereocenters. The molecule has 7 nitrogen and oxygen atoms in total. The minimum atomic E-state index is -1.09. The molecular formula is C21H24N2O5. The Bertz CT molecular complexity index is 875. The van der Waals surface area contributed by atoms with Crippen LogP contribution in [0.25, 0.3) is 0 Å². The molecule has 0 aliphatic heterocycles. The zero-order chi connectivity index (χ0) is 20.7. The number of rotatable bonds is 8. The number of carbonyl (C=O) groups is 3. The van der Waals surface area contributed by atoms with Crippen molar-refractivity contribution in [1.29, 1.82) is 0 Å². The van der Waals surface area contributed by atoms with Crippen molar-refractivity contribution < 1.29 is 24.2 Å². The molecule has 0 fully saturated rings. The van der Waals surface area contributed by atoms with E-state index in [1.165, 1.54) is 12.1 Å².